The summed E-state index contributed by atoms with van der Waals surface area (Å²) < 4.78 is 27.4. The van der Waals surface area contributed by atoms with E-state index in [0.717, 1.165) is 50.6 Å². The number of sulfonamides is 1. The molecule has 0 spiro atoms. The van der Waals surface area contributed by atoms with E-state index in [9.17, 15) is 8.42 Å². The van der Waals surface area contributed by atoms with Gasteiger partial charge < -0.3 is 5.32 Å². The summed E-state index contributed by atoms with van der Waals surface area (Å²) >= 11 is 0. The van der Waals surface area contributed by atoms with Crippen molar-refractivity contribution in [2.45, 2.75) is 56.4 Å². The van der Waals surface area contributed by atoms with Crippen molar-refractivity contribution in [3.05, 3.63) is 70.8 Å². The van der Waals surface area contributed by atoms with Gasteiger partial charge in [-0.1, -0.05) is 55.0 Å². The quantitative estimate of drug-likeness (QED) is 0.802. The van der Waals surface area contributed by atoms with Gasteiger partial charge in [0.25, 0.3) is 0 Å². The van der Waals surface area contributed by atoms with Gasteiger partial charge in [-0.25, -0.2) is 13.1 Å². The fraction of sp³-hybridized carbons (Fsp3) is 0.455. The summed E-state index contributed by atoms with van der Waals surface area (Å²) in [5.74, 6) is 0. The molecule has 144 valence electrons. The van der Waals surface area contributed by atoms with Gasteiger partial charge in [-0.2, -0.15) is 0 Å². The van der Waals surface area contributed by atoms with Crippen LogP contribution in [0.2, 0.25) is 0 Å². The van der Waals surface area contributed by atoms with Gasteiger partial charge in [0.05, 0.1) is 5.25 Å². The average molecular weight is 385 g/mol. The summed E-state index contributed by atoms with van der Waals surface area (Å²) in [5, 5.41) is 3.49. The Morgan fingerprint density at radius 2 is 1.81 bits per heavy atom. The molecule has 1 saturated carbocycles. The van der Waals surface area contributed by atoms with Gasteiger partial charge in [0.2, 0.25) is 10.0 Å². The highest BCUT2D eigenvalue weighted by molar-refractivity contribution is 7.90. The van der Waals surface area contributed by atoms with E-state index >= 15 is 0 Å². The van der Waals surface area contributed by atoms with E-state index in [1.165, 1.54) is 16.7 Å². The average Bonchev–Trinajstić information content (AvgIpc) is 2.81. The smallest absolute Gasteiger partial charge is 0.214 e. The topological polar surface area (TPSA) is 58.2 Å². The van der Waals surface area contributed by atoms with E-state index in [0.29, 0.717) is 6.54 Å². The molecule has 0 amide bonds. The van der Waals surface area contributed by atoms with Crippen LogP contribution < -0.4 is 10.0 Å². The van der Waals surface area contributed by atoms with Crippen molar-refractivity contribution >= 4 is 10.0 Å². The van der Waals surface area contributed by atoms with E-state index in [2.05, 4.69) is 52.5 Å². The monoisotopic (exact) mass is 384 g/mol. The van der Waals surface area contributed by atoms with Gasteiger partial charge in [-0.15, -0.1) is 0 Å². The molecule has 2 aromatic carbocycles. The zero-order chi connectivity index (χ0) is 18.7. The second-order valence-corrected chi connectivity index (χ2v) is 9.80. The predicted molar refractivity (Wildman–Crippen MR) is 109 cm³/mol. The van der Waals surface area contributed by atoms with Crippen molar-refractivity contribution in [2.24, 2.45) is 0 Å². The maximum Gasteiger partial charge on any atom is 0.214 e. The van der Waals surface area contributed by atoms with Crippen LogP contribution in [0.25, 0.3) is 0 Å². The first-order valence-electron chi connectivity index (χ1n) is 9.99. The molecule has 1 fully saturated rings. The van der Waals surface area contributed by atoms with Crippen LogP contribution in [0, 0.1) is 0 Å². The lowest BCUT2D eigenvalue weighted by atomic mass is 9.92. The molecule has 0 aromatic heterocycles. The van der Waals surface area contributed by atoms with Crippen molar-refractivity contribution in [3.8, 4) is 0 Å². The van der Waals surface area contributed by atoms with Crippen molar-refractivity contribution in [2.75, 3.05) is 6.54 Å². The lowest BCUT2D eigenvalue weighted by molar-refractivity contribution is 0.469. The van der Waals surface area contributed by atoms with E-state index in [-0.39, 0.29) is 11.3 Å². The first kappa shape index (κ1) is 18.7. The Morgan fingerprint density at radius 3 is 2.56 bits per heavy atom. The Labute approximate surface area is 162 Å². The third kappa shape index (κ3) is 4.42. The number of rotatable bonds is 6. The van der Waals surface area contributed by atoms with E-state index < -0.39 is 10.0 Å². The fourth-order valence-corrected chi connectivity index (χ4v) is 5.54. The molecular formula is C22H28N2O2S. The van der Waals surface area contributed by atoms with Crippen molar-refractivity contribution in [1.82, 2.24) is 10.0 Å². The van der Waals surface area contributed by atoms with E-state index in [4.69, 9.17) is 0 Å². The number of aryl methyl sites for hydroxylation is 1. The summed E-state index contributed by atoms with van der Waals surface area (Å²) in [6, 6.07) is 17.3. The minimum Gasteiger partial charge on any atom is -0.310 e. The molecule has 1 aliphatic carbocycles. The Morgan fingerprint density at radius 1 is 1.00 bits per heavy atom. The molecule has 1 unspecified atom stereocenters. The first-order valence-corrected chi connectivity index (χ1v) is 11.5. The minimum atomic E-state index is -3.18. The van der Waals surface area contributed by atoms with Gasteiger partial charge >= 0.3 is 0 Å². The summed E-state index contributed by atoms with van der Waals surface area (Å²) in [6.07, 6.45) is 5.77. The molecule has 2 aromatic rings. The molecule has 0 saturated heterocycles. The van der Waals surface area contributed by atoms with Crippen LogP contribution in [0.4, 0.5) is 0 Å². The molecule has 1 aliphatic heterocycles. The highest BCUT2D eigenvalue weighted by atomic mass is 32.2. The van der Waals surface area contributed by atoms with Crippen LogP contribution in [-0.4, -0.2) is 20.2 Å². The number of benzene rings is 2. The predicted octanol–water partition coefficient (Wildman–Crippen LogP) is 3.48. The van der Waals surface area contributed by atoms with Crippen molar-refractivity contribution in [3.63, 3.8) is 0 Å². The van der Waals surface area contributed by atoms with E-state index in [1.807, 2.05) is 6.07 Å². The molecule has 0 bridgehead atoms. The van der Waals surface area contributed by atoms with Crippen LogP contribution in [0.15, 0.2) is 48.5 Å². The summed E-state index contributed by atoms with van der Waals surface area (Å²) in [4.78, 5) is 0. The maximum atomic E-state index is 12.3. The Bertz CT molecular complexity index is 876. The zero-order valence-corrected chi connectivity index (χ0v) is 16.5. The van der Waals surface area contributed by atoms with Crippen LogP contribution >= 0.6 is 0 Å². The van der Waals surface area contributed by atoms with Gasteiger partial charge in [-0.3, -0.25) is 0 Å². The van der Waals surface area contributed by atoms with Gasteiger partial charge in [-0.05, 0) is 60.9 Å². The highest BCUT2D eigenvalue weighted by Crippen LogP contribution is 2.28. The summed E-state index contributed by atoms with van der Waals surface area (Å²) in [5.41, 5.74) is 5.06. The molecule has 4 nitrogen and oxygen atoms in total. The third-order valence-corrected chi connectivity index (χ3v) is 7.75. The van der Waals surface area contributed by atoms with Crippen LogP contribution in [0.3, 0.4) is 0 Å². The van der Waals surface area contributed by atoms with Crippen molar-refractivity contribution in [1.29, 1.82) is 0 Å². The molecule has 0 radical (unpaired) electrons. The van der Waals surface area contributed by atoms with Gasteiger partial charge in [0.15, 0.2) is 0 Å². The van der Waals surface area contributed by atoms with Crippen molar-refractivity contribution < 1.29 is 8.42 Å². The molecule has 4 rings (SSSR count). The number of hydrogen-bond donors (Lipinski definition) is 2. The number of fused-ring (bicyclic) bond motifs is 1. The molecule has 2 N–H and O–H groups in total. The first-order chi connectivity index (χ1) is 13.1. The Hall–Kier alpha value is -1.69. The lowest BCUT2D eigenvalue weighted by Crippen LogP contribution is -2.38. The third-order valence-electron chi connectivity index (χ3n) is 5.85. The molecule has 2 aliphatic rings. The van der Waals surface area contributed by atoms with Gasteiger partial charge in [0, 0.05) is 12.6 Å². The van der Waals surface area contributed by atoms with Gasteiger partial charge in [0.1, 0.15) is 0 Å². The summed E-state index contributed by atoms with van der Waals surface area (Å²) in [6.45, 7) is 1.39. The zero-order valence-electron chi connectivity index (χ0n) is 15.7. The van der Waals surface area contributed by atoms with Crippen LogP contribution in [0.5, 0.6) is 0 Å². The standard InChI is InChI=1S/C22H28N2O2S/c25-27(26,20-9-4-10-20)24-16-18-11-12-19-8-5-13-23-22(21(19)14-18)15-17-6-2-1-3-7-17/h1-3,6-7,11-12,14,20,22-24H,4-5,8-10,13,15-16H2. The molecular weight excluding hydrogens is 356 g/mol. The molecule has 5 heteroatoms. The normalized spacial score (nSPS) is 20.5. The molecule has 1 atom stereocenters. The largest absolute Gasteiger partial charge is 0.310 e. The number of nitrogens with one attached hydrogen (secondary N) is 2. The lowest BCUT2D eigenvalue weighted by Gasteiger charge is -2.25. The second-order valence-electron chi connectivity index (χ2n) is 7.75. The van der Waals surface area contributed by atoms with Crippen LogP contribution in [0.1, 0.15) is 54.0 Å². The molecule has 1 heterocycles. The Kier molecular flexibility index (Phi) is 5.62. The van der Waals surface area contributed by atoms with Crippen LogP contribution in [-0.2, 0) is 29.4 Å². The summed E-state index contributed by atoms with van der Waals surface area (Å²) in [7, 11) is -3.18. The highest BCUT2D eigenvalue weighted by Gasteiger charge is 2.30. The van der Waals surface area contributed by atoms with E-state index in [1.54, 1.807) is 0 Å². The SMILES string of the molecule is O=S(=O)(NCc1ccc2c(c1)C(Cc1ccccc1)NCCC2)C1CCC1. The minimum absolute atomic E-state index is 0.189. The maximum absolute atomic E-state index is 12.3. The molecule has 27 heavy (non-hydrogen) atoms. The Balaban J connectivity index is 1.52. The fourth-order valence-electron chi connectivity index (χ4n) is 3.99. The number of hydrogen-bond acceptors (Lipinski definition) is 3. The second kappa shape index (κ2) is 8.13.